The van der Waals surface area contributed by atoms with Gasteiger partial charge in [-0.05, 0) is 34.6 Å². The first kappa shape index (κ1) is 16.6. The number of rotatable bonds is 4. The number of alkyl halides is 3. The monoisotopic (exact) mass is 273 g/mol. The van der Waals surface area contributed by atoms with E-state index in [1.807, 2.05) is 0 Å². The van der Waals surface area contributed by atoms with Crippen molar-refractivity contribution in [1.29, 1.82) is 0 Å². The molecule has 0 N–H and O–H groups in total. The molecule has 0 rings (SSSR count). The quantitative estimate of drug-likeness (QED) is 0.739. The third kappa shape index (κ3) is 5.63. The molecule has 102 valence electrons. The minimum atomic E-state index is -4.44. The fraction of sp³-hybridized carbons (Fsp3) is 0.900. The van der Waals surface area contributed by atoms with Crippen LogP contribution in [0.1, 0.15) is 34.6 Å². The summed E-state index contributed by atoms with van der Waals surface area (Å²) in [5, 5.41) is 0. The summed E-state index contributed by atoms with van der Waals surface area (Å²) in [7, 11) is -1.48. The normalized spacial score (nSPS) is 16.5. The van der Waals surface area contributed by atoms with Crippen molar-refractivity contribution in [2.45, 2.75) is 51.1 Å². The molecule has 0 bridgehead atoms. The standard InChI is InChI=1S/C10H18F3NO2S/c1-8(2,3)17(15)14-6-7-16-9(4,5)10(11,12)13/h6H,7H2,1-5H3/b14-6+/t17-/m1/s1. The first-order chi connectivity index (χ1) is 7.38. The molecule has 0 aliphatic heterocycles. The van der Waals surface area contributed by atoms with Gasteiger partial charge in [-0.15, -0.1) is 0 Å². The van der Waals surface area contributed by atoms with Gasteiger partial charge in [0.25, 0.3) is 0 Å². The zero-order valence-corrected chi connectivity index (χ0v) is 11.4. The maximum absolute atomic E-state index is 12.4. The molecule has 0 radical (unpaired) electrons. The van der Waals surface area contributed by atoms with E-state index in [-0.39, 0.29) is 6.61 Å². The molecule has 0 fully saturated rings. The summed E-state index contributed by atoms with van der Waals surface area (Å²) in [6.45, 7) is 6.71. The van der Waals surface area contributed by atoms with E-state index in [2.05, 4.69) is 9.13 Å². The number of hydrogen-bond donors (Lipinski definition) is 0. The first-order valence-electron chi connectivity index (χ1n) is 5.03. The SMILES string of the molecule is CC(C)(C)[S@@](=O)/N=C/COC(C)(C)C(F)(F)F. The molecule has 17 heavy (non-hydrogen) atoms. The van der Waals surface area contributed by atoms with Gasteiger partial charge in [0.15, 0.2) is 5.60 Å². The van der Waals surface area contributed by atoms with E-state index in [4.69, 9.17) is 0 Å². The molecule has 3 nitrogen and oxygen atoms in total. The van der Waals surface area contributed by atoms with E-state index < -0.39 is 27.5 Å². The lowest BCUT2D eigenvalue weighted by molar-refractivity contribution is -0.258. The highest BCUT2D eigenvalue weighted by Gasteiger charge is 2.48. The molecular formula is C10H18F3NO2S. The van der Waals surface area contributed by atoms with Crippen LogP contribution in [-0.4, -0.2) is 33.6 Å². The van der Waals surface area contributed by atoms with Crippen LogP contribution in [0, 0.1) is 0 Å². The lowest BCUT2D eigenvalue weighted by Crippen LogP contribution is -2.42. The Morgan fingerprint density at radius 3 is 2.00 bits per heavy atom. The van der Waals surface area contributed by atoms with Crippen LogP contribution in [-0.2, 0) is 15.7 Å². The average molecular weight is 273 g/mol. The minimum Gasteiger partial charge on any atom is -0.360 e. The van der Waals surface area contributed by atoms with Crippen molar-refractivity contribution in [2.24, 2.45) is 4.40 Å². The van der Waals surface area contributed by atoms with Crippen molar-refractivity contribution < 1.29 is 22.1 Å². The van der Waals surface area contributed by atoms with Gasteiger partial charge in [0, 0.05) is 6.21 Å². The van der Waals surface area contributed by atoms with Crippen LogP contribution in [0.4, 0.5) is 13.2 Å². The molecule has 0 amide bonds. The largest absolute Gasteiger partial charge is 0.416 e. The summed E-state index contributed by atoms with van der Waals surface area (Å²) < 4.78 is 56.3. The fourth-order valence-corrected chi connectivity index (χ4v) is 1.10. The van der Waals surface area contributed by atoms with Crippen molar-refractivity contribution in [3.63, 3.8) is 0 Å². The van der Waals surface area contributed by atoms with Crippen LogP contribution in [0.2, 0.25) is 0 Å². The Balaban J connectivity index is 4.27. The van der Waals surface area contributed by atoms with Crippen LogP contribution < -0.4 is 0 Å². The van der Waals surface area contributed by atoms with Crippen molar-refractivity contribution in [3.8, 4) is 0 Å². The third-order valence-electron chi connectivity index (χ3n) is 1.90. The molecule has 7 heteroatoms. The molecular weight excluding hydrogens is 255 g/mol. The van der Waals surface area contributed by atoms with Crippen molar-refractivity contribution in [3.05, 3.63) is 0 Å². The predicted molar refractivity (Wildman–Crippen MR) is 62.5 cm³/mol. The average Bonchev–Trinajstić information content (AvgIpc) is 2.08. The minimum absolute atomic E-state index is 0.325. The van der Waals surface area contributed by atoms with Gasteiger partial charge in [0.2, 0.25) is 0 Å². The third-order valence-corrected chi connectivity index (χ3v) is 3.28. The fourth-order valence-electron chi connectivity index (χ4n) is 0.584. The van der Waals surface area contributed by atoms with Crippen LogP contribution >= 0.6 is 0 Å². The summed E-state index contributed by atoms with van der Waals surface area (Å²) in [4.78, 5) is 0. The Hall–Kier alpha value is -0.430. The molecule has 0 heterocycles. The Bertz CT molecular complexity index is 306. The molecule has 0 aliphatic carbocycles. The van der Waals surface area contributed by atoms with Crippen LogP contribution in [0.3, 0.4) is 0 Å². The van der Waals surface area contributed by atoms with Crippen LogP contribution in [0.15, 0.2) is 4.40 Å². The summed E-state index contributed by atoms with van der Waals surface area (Å²) >= 11 is 0. The van der Waals surface area contributed by atoms with E-state index in [1.54, 1.807) is 20.8 Å². The smallest absolute Gasteiger partial charge is 0.360 e. The molecule has 0 aromatic carbocycles. The summed E-state index contributed by atoms with van der Waals surface area (Å²) in [5.41, 5.74) is -2.23. The summed E-state index contributed by atoms with van der Waals surface area (Å²) in [6.07, 6.45) is -3.33. The Morgan fingerprint density at radius 1 is 1.18 bits per heavy atom. The summed E-state index contributed by atoms with van der Waals surface area (Å²) in [6, 6.07) is 0. The first-order valence-corrected chi connectivity index (χ1v) is 6.14. The van der Waals surface area contributed by atoms with Gasteiger partial charge in [-0.2, -0.15) is 17.6 Å². The zero-order valence-electron chi connectivity index (χ0n) is 10.6. The molecule has 0 saturated heterocycles. The maximum Gasteiger partial charge on any atom is 0.416 e. The van der Waals surface area contributed by atoms with Crippen molar-refractivity contribution in [2.75, 3.05) is 6.61 Å². The Morgan fingerprint density at radius 2 is 1.65 bits per heavy atom. The van der Waals surface area contributed by atoms with Gasteiger partial charge in [-0.25, -0.2) is 4.21 Å². The van der Waals surface area contributed by atoms with E-state index in [9.17, 15) is 17.4 Å². The molecule has 1 atom stereocenters. The number of nitrogens with zero attached hydrogens (tertiary/aromatic N) is 1. The highest BCUT2D eigenvalue weighted by atomic mass is 32.2. The second kappa shape index (κ2) is 5.48. The van der Waals surface area contributed by atoms with Gasteiger partial charge in [0.05, 0.1) is 11.4 Å². The number of ether oxygens (including phenoxy) is 1. The Labute approximate surface area is 102 Å². The lowest BCUT2D eigenvalue weighted by Gasteiger charge is -2.27. The molecule has 0 aliphatic rings. The van der Waals surface area contributed by atoms with Gasteiger partial charge < -0.3 is 4.74 Å². The van der Waals surface area contributed by atoms with Crippen molar-refractivity contribution in [1.82, 2.24) is 0 Å². The molecule has 0 aromatic heterocycles. The van der Waals surface area contributed by atoms with Crippen LogP contribution in [0.5, 0.6) is 0 Å². The number of hydrogen-bond acceptors (Lipinski definition) is 2. The zero-order chi connectivity index (χ0) is 13.9. The van der Waals surface area contributed by atoms with Crippen molar-refractivity contribution >= 4 is 17.2 Å². The predicted octanol–water partition coefficient (Wildman–Crippen LogP) is 2.88. The molecule has 0 spiro atoms. The highest BCUT2D eigenvalue weighted by Crippen LogP contribution is 2.32. The lowest BCUT2D eigenvalue weighted by atomic mass is 10.1. The highest BCUT2D eigenvalue weighted by molar-refractivity contribution is 7.85. The van der Waals surface area contributed by atoms with E-state index in [0.717, 1.165) is 20.1 Å². The van der Waals surface area contributed by atoms with Gasteiger partial charge >= 0.3 is 6.18 Å². The van der Waals surface area contributed by atoms with Crippen LogP contribution in [0.25, 0.3) is 0 Å². The topological polar surface area (TPSA) is 38.7 Å². The molecule has 0 unspecified atom stereocenters. The van der Waals surface area contributed by atoms with E-state index in [1.165, 1.54) is 0 Å². The summed E-state index contributed by atoms with van der Waals surface area (Å²) in [5.74, 6) is 0. The molecule has 0 aromatic rings. The van der Waals surface area contributed by atoms with E-state index in [0.29, 0.717) is 0 Å². The van der Waals surface area contributed by atoms with Gasteiger partial charge in [-0.1, -0.05) is 0 Å². The van der Waals surface area contributed by atoms with Gasteiger partial charge in [-0.3, -0.25) is 0 Å². The van der Waals surface area contributed by atoms with E-state index >= 15 is 0 Å². The Kier molecular flexibility index (Phi) is 5.34. The van der Waals surface area contributed by atoms with Gasteiger partial charge in [0.1, 0.15) is 11.0 Å². The second-order valence-corrected chi connectivity index (χ2v) is 6.90. The second-order valence-electron chi connectivity index (χ2n) is 4.97. The number of halogens is 3. The molecule has 0 saturated carbocycles. The maximum atomic E-state index is 12.4.